The number of benzene rings is 1. The second-order valence-corrected chi connectivity index (χ2v) is 7.35. The summed E-state index contributed by atoms with van der Waals surface area (Å²) in [5.74, 6) is 1.82. The number of piperazine rings is 1. The molecular weight excluding hydrogens is 402 g/mol. The molecule has 0 bridgehead atoms. The molecule has 9 heteroatoms. The number of aryl methyl sites for hydroxylation is 1. The molecule has 1 aromatic rings. The maximum absolute atomic E-state index is 12.7. The summed E-state index contributed by atoms with van der Waals surface area (Å²) in [7, 11) is 6.36. The molecule has 1 N–H and O–H groups in total. The molecule has 0 aromatic heterocycles. The average Bonchev–Trinajstić information content (AvgIpc) is 2.79. The molecule has 1 aliphatic rings. The molecule has 9 nitrogen and oxygen atoms in total. The van der Waals surface area contributed by atoms with Crippen molar-refractivity contribution in [2.24, 2.45) is 0 Å². The lowest BCUT2D eigenvalue weighted by atomic mass is 10.1. The van der Waals surface area contributed by atoms with Crippen LogP contribution < -0.4 is 19.5 Å². The molecule has 2 amide bonds. The van der Waals surface area contributed by atoms with E-state index in [-0.39, 0.29) is 11.8 Å². The molecule has 174 valence electrons. The zero-order valence-electron chi connectivity index (χ0n) is 19.1. The van der Waals surface area contributed by atoms with Gasteiger partial charge in [0.15, 0.2) is 11.5 Å². The molecule has 31 heavy (non-hydrogen) atoms. The Bertz CT molecular complexity index is 719. The fourth-order valence-electron chi connectivity index (χ4n) is 3.62. The van der Waals surface area contributed by atoms with Crippen LogP contribution in [-0.4, -0.2) is 95.9 Å². The van der Waals surface area contributed by atoms with Gasteiger partial charge in [-0.1, -0.05) is 6.07 Å². The highest BCUT2D eigenvalue weighted by atomic mass is 16.5. The zero-order chi connectivity index (χ0) is 22.6. The fourth-order valence-corrected chi connectivity index (χ4v) is 3.62. The Morgan fingerprint density at radius 1 is 0.968 bits per heavy atom. The summed E-state index contributed by atoms with van der Waals surface area (Å²) in [5, 5.41) is 2.89. The maximum atomic E-state index is 12.7. The van der Waals surface area contributed by atoms with E-state index in [1.165, 1.54) is 0 Å². The molecule has 0 atom stereocenters. The van der Waals surface area contributed by atoms with E-state index >= 15 is 0 Å². The second kappa shape index (κ2) is 13.0. The Kier molecular flexibility index (Phi) is 10.4. The number of nitrogens with zero attached hydrogens (tertiary/aromatic N) is 2. The molecule has 1 heterocycles. The highest BCUT2D eigenvalue weighted by molar-refractivity contribution is 5.78. The van der Waals surface area contributed by atoms with Crippen LogP contribution in [0.1, 0.15) is 18.4 Å². The summed E-state index contributed by atoms with van der Waals surface area (Å²) >= 11 is 0. The summed E-state index contributed by atoms with van der Waals surface area (Å²) in [6, 6.07) is 3.72. The topological polar surface area (TPSA) is 89.6 Å². The Labute approximate surface area is 184 Å². The van der Waals surface area contributed by atoms with Crippen LogP contribution in [-0.2, 0) is 20.7 Å². The SMILES string of the molecule is COCCCNC(=O)CN1CCN(C(=O)CCc2ccc(OC)c(OC)c2OC)CC1. The zero-order valence-corrected chi connectivity index (χ0v) is 19.1. The van der Waals surface area contributed by atoms with Gasteiger partial charge < -0.3 is 29.2 Å². The lowest BCUT2D eigenvalue weighted by molar-refractivity contribution is -0.133. The third-order valence-electron chi connectivity index (χ3n) is 5.33. The minimum absolute atomic E-state index is 0.0106. The predicted molar refractivity (Wildman–Crippen MR) is 117 cm³/mol. The van der Waals surface area contributed by atoms with Crippen LogP contribution in [0.4, 0.5) is 0 Å². The fraction of sp³-hybridized carbons (Fsp3) is 0.636. The van der Waals surface area contributed by atoms with Crippen molar-refractivity contribution in [1.29, 1.82) is 0 Å². The smallest absolute Gasteiger partial charge is 0.234 e. The van der Waals surface area contributed by atoms with Gasteiger partial charge in [-0.3, -0.25) is 14.5 Å². The van der Waals surface area contributed by atoms with Crippen LogP contribution in [0.5, 0.6) is 17.2 Å². The van der Waals surface area contributed by atoms with Crippen molar-refractivity contribution in [2.45, 2.75) is 19.3 Å². The summed E-state index contributed by atoms with van der Waals surface area (Å²) in [5.41, 5.74) is 0.900. The van der Waals surface area contributed by atoms with Crippen molar-refractivity contribution in [3.05, 3.63) is 17.7 Å². The first-order valence-corrected chi connectivity index (χ1v) is 10.6. The van der Waals surface area contributed by atoms with Gasteiger partial charge in [-0.05, 0) is 24.5 Å². The van der Waals surface area contributed by atoms with Gasteiger partial charge in [-0.2, -0.15) is 0 Å². The van der Waals surface area contributed by atoms with Gasteiger partial charge in [0.2, 0.25) is 17.6 Å². The van der Waals surface area contributed by atoms with Crippen molar-refractivity contribution in [2.75, 3.05) is 74.3 Å². The van der Waals surface area contributed by atoms with Crippen LogP contribution in [0, 0.1) is 0 Å². The normalized spacial score (nSPS) is 14.3. The van der Waals surface area contributed by atoms with E-state index in [1.807, 2.05) is 17.0 Å². The molecule has 0 aliphatic carbocycles. The van der Waals surface area contributed by atoms with Crippen LogP contribution in [0.25, 0.3) is 0 Å². The van der Waals surface area contributed by atoms with Gasteiger partial charge in [0.1, 0.15) is 0 Å². The monoisotopic (exact) mass is 437 g/mol. The van der Waals surface area contributed by atoms with E-state index in [1.54, 1.807) is 28.4 Å². The molecule has 2 rings (SSSR count). The van der Waals surface area contributed by atoms with E-state index < -0.39 is 0 Å². The standard InChI is InChI=1S/C22H35N3O6/c1-28-15-5-10-23-19(26)16-24-11-13-25(14-12-24)20(27)9-7-17-6-8-18(29-2)22(31-4)21(17)30-3/h6,8H,5,7,9-16H2,1-4H3,(H,23,26). The van der Waals surface area contributed by atoms with Crippen LogP contribution in [0.2, 0.25) is 0 Å². The third-order valence-corrected chi connectivity index (χ3v) is 5.33. The third kappa shape index (κ3) is 7.29. The van der Waals surface area contributed by atoms with E-state index in [0.29, 0.717) is 76.0 Å². The van der Waals surface area contributed by atoms with E-state index in [9.17, 15) is 9.59 Å². The molecule has 0 unspecified atom stereocenters. The first kappa shape index (κ1) is 24.7. The number of nitrogens with one attached hydrogen (secondary N) is 1. The second-order valence-electron chi connectivity index (χ2n) is 7.35. The minimum atomic E-state index is 0.0106. The molecule has 1 saturated heterocycles. The summed E-state index contributed by atoms with van der Waals surface area (Å²) in [4.78, 5) is 28.6. The lowest BCUT2D eigenvalue weighted by Crippen LogP contribution is -2.51. The summed E-state index contributed by atoms with van der Waals surface area (Å²) in [6.07, 6.45) is 1.73. The minimum Gasteiger partial charge on any atom is -0.493 e. The van der Waals surface area contributed by atoms with E-state index in [2.05, 4.69) is 10.2 Å². The van der Waals surface area contributed by atoms with Crippen LogP contribution in [0.3, 0.4) is 0 Å². The number of carbonyl (C=O) groups excluding carboxylic acids is 2. The molecule has 1 fully saturated rings. The van der Waals surface area contributed by atoms with Gasteiger partial charge in [0.25, 0.3) is 0 Å². The molecule has 1 aromatic carbocycles. The molecule has 0 saturated carbocycles. The number of amides is 2. The Morgan fingerprint density at radius 2 is 1.68 bits per heavy atom. The van der Waals surface area contributed by atoms with Crippen molar-refractivity contribution in [1.82, 2.24) is 15.1 Å². The average molecular weight is 438 g/mol. The van der Waals surface area contributed by atoms with Crippen LogP contribution >= 0.6 is 0 Å². The van der Waals surface area contributed by atoms with Crippen LogP contribution in [0.15, 0.2) is 12.1 Å². The summed E-state index contributed by atoms with van der Waals surface area (Å²) < 4.78 is 21.2. The van der Waals surface area contributed by atoms with E-state index in [0.717, 1.165) is 12.0 Å². The number of hydrogen-bond acceptors (Lipinski definition) is 7. The van der Waals surface area contributed by atoms with Gasteiger partial charge in [0.05, 0.1) is 27.9 Å². The quantitative estimate of drug-likeness (QED) is 0.487. The van der Waals surface area contributed by atoms with Gasteiger partial charge in [0, 0.05) is 52.9 Å². The highest BCUT2D eigenvalue weighted by Gasteiger charge is 2.23. The first-order valence-electron chi connectivity index (χ1n) is 10.6. The largest absolute Gasteiger partial charge is 0.493 e. The molecule has 1 aliphatic heterocycles. The van der Waals surface area contributed by atoms with Gasteiger partial charge in [-0.15, -0.1) is 0 Å². The Balaban J connectivity index is 1.79. The maximum Gasteiger partial charge on any atom is 0.234 e. The molecule has 0 radical (unpaired) electrons. The van der Waals surface area contributed by atoms with E-state index in [4.69, 9.17) is 18.9 Å². The Hall–Kier alpha value is -2.52. The number of rotatable bonds is 12. The molecular formula is C22H35N3O6. The first-order chi connectivity index (χ1) is 15.0. The van der Waals surface area contributed by atoms with Crippen molar-refractivity contribution < 1.29 is 28.5 Å². The van der Waals surface area contributed by atoms with Crippen molar-refractivity contribution >= 4 is 11.8 Å². The number of carbonyl (C=O) groups is 2. The summed E-state index contributed by atoms with van der Waals surface area (Å²) in [6.45, 7) is 4.24. The Morgan fingerprint density at radius 3 is 2.29 bits per heavy atom. The van der Waals surface area contributed by atoms with Gasteiger partial charge in [-0.25, -0.2) is 0 Å². The highest BCUT2D eigenvalue weighted by Crippen LogP contribution is 2.40. The van der Waals surface area contributed by atoms with Crippen molar-refractivity contribution in [3.8, 4) is 17.2 Å². The lowest BCUT2D eigenvalue weighted by Gasteiger charge is -2.34. The molecule has 0 spiro atoms. The van der Waals surface area contributed by atoms with Crippen molar-refractivity contribution in [3.63, 3.8) is 0 Å². The van der Waals surface area contributed by atoms with Gasteiger partial charge >= 0.3 is 0 Å². The predicted octanol–water partition coefficient (Wildman–Crippen LogP) is 0.942. The number of methoxy groups -OCH3 is 4. The number of hydrogen-bond donors (Lipinski definition) is 1. The number of ether oxygens (including phenoxy) is 4.